The summed E-state index contributed by atoms with van der Waals surface area (Å²) in [6, 6.07) is 0. The molecule has 2 heteroatoms. The van der Waals surface area contributed by atoms with Gasteiger partial charge in [-0.2, -0.15) is 0 Å². The van der Waals surface area contributed by atoms with E-state index < -0.39 is 0 Å². The van der Waals surface area contributed by atoms with Crippen LogP contribution in [0.1, 0.15) is 51.4 Å². The average molecular weight is 208 g/mol. The van der Waals surface area contributed by atoms with Crippen molar-refractivity contribution in [2.75, 3.05) is 0 Å². The largest absolute Gasteiger partial charge is 0.458 e. The lowest BCUT2D eigenvalue weighted by Crippen LogP contribution is -2.25. The fraction of sp³-hybridized carbons (Fsp3) is 0.769. The van der Waals surface area contributed by atoms with E-state index in [4.69, 9.17) is 4.74 Å². The minimum Gasteiger partial charge on any atom is -0.458 e. The van der Waals surface area contributed by atoms with Crippen molar-refractivity contribution in [2.45, 2.75) is 57.5 Å². The Morgan fingerprint density at radius 2 is 1.87 bits per heavy atom. The molecule has 0 aliphatic heterocycles. The zero-order chi connectivity index (χ0) is 10.5. The first kappa shape index (κ1) is 10.7. The highest BCUT2D eigenvalue weighted by Gasteiger charge is 2.24. The van der Waals surface area contributed by atoms with Gasteiger partial charge in [-0.25, -0.2) is 0 Å². The summed E-state index contributed by atoms with van der Waals surface area (Å²) in [4.78, 5) is 11.8. The second-order valence-corrected chi connectivity index (χ2v) is 4.67. The van der Waals surface area contributed by atoms with Gasteiger partial charge in [-0.05, 0) is 38.2 Å². The SMILES string of the molecule is O=C(O[C@@H]1C=CCCC1)C1CCCCC1. The predicted molar refractivity (Wildman–Crippen MR) is 59.4 cm³/mol. The van der Waals surface area contributed by atoms with Gasteiger partial charge in [0.25, 0.3) is 0 Å². The first-order chi connectivity index (χ1) is 7.36. The molecule has 1 saturated carbocycles. The monoisotopic (exact) mass is 208 g/mol. The Morgan fingerprint density at radius 3 is 2.53 bits per heavy atom. The molecule has 0 heterocycles. The van der Waals surface area contributed by atoms with E-state index in [1.165, 1.54) is 19.3 Å². The van der Waals surface area contributed by atoms with E-state index in [0.29, 0.717) is 0 Å². The molecule has 84 valence electrons. The molecular formula is C13H20O2. The third-order valence-corrected chi connectivity index (χ3v) is 3.42. The summed E-state index contributed by atoms with van der Waals surface area (Å²) in [6.45, 7) is 0. The van der Waals surface area contributed by atoms with E-state index in [1.807, 2.05) is 6.08 Å². The number of rotatable bonds is 2. The maximum Gasteiger partial charge on any atom is 0.309 e. The zero-order valence-electron chi connectivity index (χ0n) is 9.28. The topological polar surface area (TPSA) is 26.3 Å². The van der Waals surface area contributed by atoms with Gasteiger partial charge in [0.05, 0.1) is 5.92 Å². The first-order valence-electron chi connectivity index (χ1n) is 6.23. The van der Waals surface area contributed by atoms with Crippen molar-refractivity contribution < 1.29 is 9.53 Å². The molecule has 2 aliphatic rings. The van der Waals surface area contributed by atoms with Gasteiger partial charge < -0.3 is 4.74 Å². The van der Waals surface area contributed by atoms with Gasteiger partial charge >= 0.3 is 5.97 Å². The van der Waals surface area contributed by atoms with Gasteiger partial charge in [0.1, 0.15) is 6.10 Å². The van der Waals surface area contributed by atoms with Crippen LogP contribution in [0.25, 0.3) is 0 Å². The number of hydrogen-bond donors (Lipinski definition) is 0. The van der Waals surface area contributed by atoms with Crippen LogP contribution < -0.4 is 0 Å². The van der Waals surface area contributed by atoms with Crippen molar-refractivity contribution in [1.82, 2.24) is 0 Å². The van der Waals surface area contributed by atoms with Crippen LogP contribution in [-0.4, -0.2) is 12.1 Å². The normalized spacial score (nSPS) is 27.6. The summed E-state index contributed by atoms with van der Waals surface area (Å²) in [5.74, 6) is 0.236. The lowest BCUT2D eigenvalue weighted by molar-refractivity contribution is -0.153. The molecule has 2 aliphatic carbocycles. The summed E-state index contributed by atoms with van der Waals surface area (Å²) in [7, 11) is 0. The van der Waals surface area contributed by atoms with Crippen LogP contribution in [0.5, 0.6) is 0 Å². The van der Waals surface area contributed by atoms with Crippen molar-refractivity contribution in [3.05, 3.63) is 12.2 Å². The first-order valence-corrected chi connectivity index (χ1v) is 6.23. The molecule has 0 aromatic heterocycles. The molecule has 0 bridgehead atoms. The van der Waals surface area contributed by atoms with E-state index in [0.717, 1.165) is 32.1 Å². The highest BCUT2D eigenvalue weighted by molar-refractivity contribution is 5.72. The summed E-state index contributed by atoms with van der Waals surface area (Å²) >= 11 is 0. The zero-order valence-corrected chi connectivity index (χ0v) is 9.28. The standard InChI is InChI=1S/C13H20O2/c14-13(11-7-3-1-4-8-11)15-12-9-5-2-6-10-12/h5,9,11-12H,1-4,6-8,10H2/t12-/m1/s1. The molecule has 0 N–H and O–H groups in total. The summed E-state index contributed by atoms with van der Waals surface area (Å²) in [6.07, 6.45) is 13.3. The molecular weight excluding hydrogens is 188 g/mol. The third kappa shape index (κ3) is 3.08. The second kappa shape index (κ2) is 5.34. The number of ether oxygens (including phenoxy) is 1. The quantitative estimate of drug-likeness (QED) is 0.514. The third-order valence-electron chi connectivity index (χ3n) is 3.42. The number of hydrogen-bond acceptors (Lipinski definition) is 2. The minimum absolute atomic E-state index is 0.0475. The molecule has 2 rings (SSSR count). The van der Waals surface area contributed by atoms with Gasteiger partial charge in [0.2, 0.25) is 0 Å². The molecule has 0 radical (unpaired) electrons. The average Bonchev–Trinajstić information content (AvgIpc) is 2.31. The summed E-state index contributed by atoms with van der Waals surface area (Å²) < 4.78 is 5.51. The predicted octanol–water partition coefficient (Wildman–Crippen LogP) is 3.22. The van der Waals surface area contributed by atoms with E-state index >= 15 is 0 Å². The van der Waals surface area contributed by atoms with Crippen LogP contribution in [0.3, 0.4) is 0 Å². The number of allylic oxidation sites excluding steroid dienone is 1. The Morgan fingerprint density at radius 1 is 1.07 bits per heavy atom. The van der Waals surface area contributed by atoms with Crippen LogP contribution >= 0.6 is 0 Å². The Hall–Kier alpha value is -0.790. The van der Waals surface area contributed by atoms with E-state index in [1.54, 1.807) is 0 Å². The Labute approximate surface area is 91.7 Å². The Bertz CT molecular complexity index is 239. The number of carbonyl (C=O) groups excluding carboxylic acids is 1. The van der Waals surface area contributed by atoms with Crippen molar-refractivity contribution in [3.8, 4) is 0 Å². The van der Waals surface area contributed by atoms with Crippen LogP contribution in [0.4, 0.5) is 0 Å². The molecule has 0 amide bonds. The fourth-order valence-corrected chi connectivity index (χ4v) is 2.46. The molecule has 0 spiro atoms. The molecule has 2 nitrogen and oxygen atoms in total. The second-order valence-electron chi connectivity index (χ2n) is 4.67. The van der Waals surface area contributed by atoms with E-state index in [2.05, 4.69) is 6.08 Å². The maximum absolute atomic E-state index is 11.8. The van der Waals surface area contributed by atoms with Crippen molar-refractivity contribution in [3.63, 3.8) is 0 Å². The van der Waals surface area contributed by atoms with Crippen LogP contribution in [-0.2, 0) is 9.53 Å². The van der Waals surface area contributed by atoms with Crippen molar-refractivity contribution in [1.29, 1.82) is 0 Å². The van der Waals surface area contributed by atoms with Crippen molar-refractivity contribution in [2.24, 2.45) is 5.92 Å². The van der Waals surface area contributed by atoms with Gasteiger partial charge in [-0.15, -0.1) is 0 Å². The summed E-state index contributed by atoms with van der Waals surface area (Å²) in [5.41, 5.74) is 0. The van der Waals surface area contributed by atoms with Crippen LogP contribution in [0.2, 0.25) is 0 Å². The molecule has 15 heavy (non-hydrogen) atoms. The van der Waals surface area contributed by atoms with E-state index in [9.17, 15) is 4.79 Å². The smallest absolute Gasteiger partial charge is 0.309 e. The summed E-state index contributed by atoms with van der Waals surface area (Å²) in [5, 5.41) is 0. The van der Waals surface area contributed by atoms with Crippen LogP contribution in [0, 0.1) is 5.92 Å². The lowest BCUT2D eigenvalue weighted by Gasteiger charge is -2.23. The molecule has 1 fully saturated rings. The van der Waals surface area contributed by atoms with Gasteiger partial charge in [-0.3, -0.25) is 4.79 Å². The Balaban J connectivity index is 1.79. The number of carbonyl (C=O) groups is 1. The molecule has 0 aromatic rings. The van der Waals surface area contributed by atoms with Crippen molar-refractivity contribution >= 4 is 5.97 Å². The van der Waals surface area contributed by atoms with Gasteiger partial charge in [0, 0.05) is 0 Å². The van der Waals surface area contributed by atoms with E-state index in [-0.39, 0.29) is 18.0 Å². The molecule has 1 atom stereocenters. The maximum atomic E-state index is 11.8. The highest BCUT2D eigenvalue weighted by atomic mass is 16.5. The molecule has 0 unspecified atom stereocenters. The highest BCUT2D eigenvalue weighted by Crippen LogP contribution is 2.26. The Kier molecular flexibility index (Phi) is 3.81. The van der Waals surface area contributed by atoms with Crippen LogP contribution in [0.15, 0.2) is 12.2 Å². The fourth-order valence-electron chi connectivity index (χ4n) is 2.46. The minimum atomic E-state index is 0.0475. The number of esters is 1. The van der Waals surface area contributed by atoms with Gasteiger partial charge in [0.15, 0.2) is 0 Å². The lowest BCUT2D eigenvalue weighted by atomic mass is 9.89. The van der Waals surface area contributed by atoms with Gasteiger partial charge in [-0.1, -0.05) is 25.3 Å². The molecule has 0 aromatic carbocycles. The molecule has 0 saturated heterocycles.